The van der Waals surface area contributed by atoms with Gasteiger partial charge in [0, 0.05) is 12.0 Å². The molecule has 0 unspecified atom stereocenters. The Morgan fingerprint density at radius 3 is 2.24 bits per heavy atom. The molecule has 0 saturated heterocycles. The van der Waals surface area contributed by atoms with Gasteiger partial charge in [-0.2, -0.15) is 0 Å². The standard InChI is InChI=1S/C15H22O2/c1-5-10-17-13-8-6-12(7-9-13)14(16)11-15(2,3)4/h6-9H,5,10-11H2,1-4H3. The molecule has 0 spiro atoms. The van der Waals surface area contributed by atoms with Gasteiger partial charge in [0.05, 0.1) is 6.61 Å². The molecule has 0 aliphatic heterocycles. The van der Waals surface area contributed by atoms with Crippen LogP contribution in [0.3, 0.4) is 0 Å². The molecule has 1 aromatic rings. The number of Topliss-reactive ketones (excluding diaryl/α,β-unsaturated/α-hetero) is 1. The van der Waals surface area contributed by atoms with Gasteiger partial charge < -0.3 is 4.74 Å². The molecule has 1 aromatic carbocycles. The van der Waals surface area contributed by atoms with Gasteiger partial charge in [0.15, 0.2) is 5.78 Å². The molecule has 0 bridgehead atoms. The Morgan fingerprint density at radius 1 is 1.18 bits per heavy atom. The van der Waals surface area contributed by atoms with Gasteiger partial charge in [0.25, 0.3) is 0 Å². The van der Waals surface area contributed by atoms with E-state index in [1.807, 2.05) is 24.3 Å². The summed E-state index contributed by atoms with van der Waals surface area (Å²) in [7, 11) is 0. The maximum atomic E-state index is 11.9. The molecule has 0 fully saturated rings. The van der Waals surface area contributed by atoms with E-state index in [0.717, 1.165) is 24.3 Å². The first-order valence-electron chi connectivity index (χ1n) is 6.18. The molecule has 0 amide bonds. The van der Waals surface area contributed by atoms with Crippen molar-refractivity contribution in [1.29, 1.82) is 0 Å². The number of carbonyl (C=O) groups is 1. The molecule has 2 nitrogen and oxygen atoms in total. The van der Waals surface area contributed by atoms with Crippen LogP contribution in [0.25, 0.3) is 0 Å². The van der Waals surface area contributed by atoms with Crippen LogP contribution in [-0.2, 0) is 0 Å². The molecule has 0 heterocycles. The van der Waals surface area contributed by atoms with Gasteiger partial charge in [-0.25, -0.2) is 0 Å². The minimum absolute atomic E-state index is 0.0362. The number of hydrogen-bond acceptors (Lipinski definition) is 2. The van der Waals surface area contributed by atoms with Crippen molar-refractivity contribution in [2.45, 2.75) is 40.5 Å². The Balaban J connectivity index is 2.64. The molecule has 0 aliphatic rings. The topological polar surface area (TPSA) is 26.3 Å². The van der Waals surface area contributed by atoms with Crippen LogP contribution in [0.5, 0.6) is 5.75 Å². The van der Waals surface area contributed by atoms with Crippen LogP contribution in [0.2, 0.25) is 0 Å². The maximum Gasteiger partial charge on any atom is 0.163 e. The van der Waals surface area contributed by atoms with E-state index in [0.29, 0.717) is 6.42 Å². The molecular formula is C15H22O2. The van der Waals surface area contributed by atoms with Gasteiger partial charge in [0.2, 0.25) is 0 Å². The summed E-state index contributed by atoms with van der Waals surface area (Å²) in [6, 6.07) is 7.43. The SMILES string of the molecule is CCCOc1ccc(C(=O)CC(C)(C)C)cc1. The summed E-state index contributed by atoms with van der Waals surface area (Å²) in [4.78, 5) is 11.9. The van der Waals surface area contributed by atoms with Crippen molar-refractivity contribution in [1.82, 2.24) is 0 Å². The lowest BCUT2D eigenvalue weighted by atomic mass is 9.88. The largest absolute Gasteiger partial charge is 0.494 e. The Hall–Kier alpha value is -1.31. The van der Waals surface area contributed by atoms with E-state index in [-0.39, 0.29) is 11.2 Å². The second kappa shape index (κ2) is 5.85. The van der Waals surface area contributed by atoms with E-state index in [1.165, 1.54) is 0 Å². The number of ketones is 1. The van der Waals surface area contributed by atoms with Crippen molar-refractivity contribution in [3.8, 4) is 5.75 Å². The third kappa shape index (κ3) is 5.03. The van der Waals surface area contributed by atoms with E-state index in [2.05, 4.69) is 27.7 Å². The second-order valence-corrected chi connectivity index (χ2v) is 5.53. The molecule has 0 atom stereocenters. The molecule has 0 radical (unpaired) electrons. The number of rotatable bonds is 5. The second-order valence-electron chi connectivity index (χ2n) is 5.53. The quantitative estimate of drug-likeness (QED) is 0.717. The minimum atomic E-state index is 0.0362. The summed E-state index contributed by atoms with van der Waals surface area (Å²) >= 11 is 0. The van der Waals surface area contributed by atoms with Crippen LogP contribution in [-0.4, -0.2) is 12.4 Å². The van der Waals surface area contributed by atoms with E-state index < -0.39 is 0 Å². The first-order chi connectivity index (χ1) is 7.92. The van der Waals surface area contributed by atoms with Crippen LogP contribution < -0.4 is 4.74 Å². The number of hydrogen-bond donors (Lipinski definition) is 0. The zero-order valence-electron chi connectivity index (χ0n) is 11.2. The molecule has 17 heavy (non-hydrogen) atoms. The highest BCUT2D eigenvalue weighted by molar-refractivity contribution is 5.96. The summed E-state index contributed by atoms with van der Waals surface area (Å²) in [6.07, 6.45) is 1.56. The normalized spacial score (nSPS) is 11.3. The average Bonchev–Trinajstić information content (AvgIpc) is 2.24. The van der Waals surface area contributed by atoms with Crippen molar-refractivity contribution in [2.24, 2.45) is 5.41 Å². The third-order valence-corrected chi connectivity index (χ3v) is 2.34. The van der Waals surface area contributed by atoms with E-state index in [1.54, 1.807) is 0 Å². The Morgan fingerprint density at radius 2 is 1.76 bits per heavy atom. The Kier molecular flexibility index (Phi) is 4.73. The fourth-order valence-electron chi connectivity index (χ4n) is 1.54. The van der Waals surface area contributed by atoms with Crippen LogP contribution in [0.1, 0.15) is 50.9 Å². The van der Waals surface area contributed by atoms with Gasteiger partial charge in [-0.15, -0.1) is 0 Å². The van der Waals surface area contributed by atoms with Crippen molar-refractivity contribution in [3.63, 3.8) is 0 Å². The number of ether oxygens (including phenoxy) is 1. The summed E-state index contributed by atoms with van der Waals surface area (Å²) < 4.78 is 5.48. The highest BCUT2D eigenvalue weighted by Gasteiger charge is 2.17. The van der Waals surface area contributed by atoms with Gasteiger partial charge in [-0.3, -0.25) is 4.79 Å². The zero-order valence-corrected chi connectivity index (χ0v) is 11.2. The van der Waals surface area contributed by atoms with E-state index in [9.17, 15) is 4.79 Å². The smallest absolute Gasteiger partial charge is 0.163 e. The average molecular weight is 234 g/mol. The molecule has 0 N–H and O–H groups in total. The lowest BCUT2D eigenvalue weighted by Crippen LogP contribution is -2.12. The first-order valence-corrected chi connectivity index (χ1v) is 6.18. The summed E-state index contributed by atoms with van der Waals surface area (Å²) in [5, 5.41) is 0. The lowest BCUT2D eigenvalue weighted by molar-refractivity contribution is 0.0940. The maximum absolute atomic E-state index is 11.9. The third-order valence-electron chi connectivity index (χ3n) is 2.34. The van der Waals surface area contributed by atoms with Gasteiger partial charge in [-0.1, -0.05) is 27.7 Å². The fourth-order valence-corrected chi connectivity index (χ4v) is 1.54. The van der Waals surface area contributed by atoms with Gasteiger partial charge in [-0.05, 0) is 36.1 Å². The van der Waals surface area contributed by atoms with Crippen molar-refractivity contribution in [3.05, 3.63) is 29.8 Å². The highest BCUT2D eigenvalue weighted by Crippen LogP contribution is 2.22. The summed E-state index contributed by atoms with van der Waals surface area (Å²) in [5.41, 5.74) is 0.804. The summed E-state index contributed by atoms with van der Waals surface area (Å²) in [6.45, 7) is 9.01. The van der Waals surface area contributed by atoms with Crippen molar-refractivity contribution in [2.75, 3.05) is 6.61 Å². The predicted molar refractivity (Wildman–Crippen MR) is 70.6 cm³/mol. The van der Waals surface area contributed by atoms with Gasteiger partial charge >= 0.3 is 0 Å². The molecule has 94 valence electrons. The first kappa shape index (κ1) is 13.8. The van der Waals surface area contributed by atoms with Crippen LogP contribution in [0.15, 0.2) is 24.3 Å². The van der Waals surface area contributed by atoms with Crippen LogP contribution in [0.4, 0.5) is 0 Å². The summed E-state index contributed by atoms with van der Waals surface area (Å²) in [5.74, 6) is 1.03. The van der Waals surface area contributed by atoms with Crippen LogP contribution >= 0.6 is 0 Å². The monoisotopic (exact) mass is 234 g/mol. The molecule has 1 rings (SSSR count). The molecule has 0 aliphatic carbocycles. The number of benzene rings is 1. The minimum Gasteiger partial charge on any atom is -0.494 e. The Bertz CT molecular complexity index is 358. The van der Waals surface area contributed by atoms with E-state index in [4.69, 9.17) is 4.74 Å². The number of carbonyl (C=O) groups excluding carboxylic acids is 1. The van der Waals surface area contributed by atoms with Crippen LogP contribution in [0, 0.1) is 5.41 Å². The van der Waals surface area contributed by atoms with Crippen molar-refractivity contribution >= 4 is 5.78 Å². The predicted octanol–water partition coefficient (Wildman–Crippen LogP) is 4.09. The molecule has 0 aromatic heterocycles. The van der Waals surface area contributed by atoms with E-state index >= 15 is 0 Å². The van der Waals surface area contributed by atoms with Gasteiger partial charge in [0.1, 0.15) is 5.75 Å². The highest BCUT2D eigenvalue weighted by atomic mass is 16.5. The molecular weight excluding hydrogens is 212 g/mol. The zero-order chi connectivity index (χ0) is 12.9. The van der Waals surface area contributed by atoms with Crippen molar-refractivity contribution < 1.29 is 9.53 Å². The lowest BCUT2D eigenvalue weighted by Gasteiger charge is -2.16. The molecule has 0 saturated carbocycles. The fraction of sp³-hybridized carbons (Fsp3) is 0.533. The molecule has 2 heteroatoms. The Labute approximate surface area is 104 Å².